The van der Waals surface area contributed by atoms with Crippen molar-refractivity contribution in [1.29, 1.82) is 0 Å². The van der Waals surface area contributed by atoms with E-state index in [9.17, 15) is 4.79 Å². The lowest BCUT2D eigenvalue weighted by molar-refractivity contribution is 0.0675. The Bertz CT molecular complexity index is 452. The number of nitrogens with two attached hydrogens (primary N) is 1. The molecule has 1 unspecified atom stereocenters. The highest BCUT2D eigenvalue weighted by Crippen LogP contribution is 2.30. The van der Waals surface area contributed by atoms with Crippen molar-refractivity contribution in [2.75, 3.05) is 18.8 Å². The van der Waals surface area contributed by atoms with Crippen molar-refractivity contribution in [2.45, 2.75) is 25.4 Å². The van der Waals surface area contributed by atoms with Crippen LogP contribution in [0.3, 0.4) is 0 Å². The first-order valence-corrected chi connectivity index (χ1v) is 6.16. The van der Waals surface area contributed by atoms with Crippen molar-refractivity contribution in [3.8, 4) is 0 Å². The van der Waals surface area contributed by atoms with Crippen molar-refractivity contribution < 1.29 is 4.79 Å². The lowest BCUT2D eigenvalue weighted by Gasteiger charge is -2.31. The number of nitrogen functional groups attached to an aromatic ring is 1. The summed E-state index contributed by atoms with van der Waals surface area (Å²) in [6.45, 7) is 2.64. The quantitative estimate of drug-likeness (QED) is 0.708. The monoisotopic (exact) mass is 231 g/mol. The van der Waals surface area contributed by atoms with Gasteiger partial charge in [0.05, 0.1) is 0 Å². The molecule has 17 heavy (non-hydrogen) atoms. The summed E-state index contributed by atoms with van der Waals surface area (Å²) in [4.78, 5) is 14.3. The summed E-state index contributed by atoms with van der Waals surface area (Å²) >= 11 is 0. The van der Waals surface area contributed by atoms with Crippen LogP contribution in [0.1, 0.15) is 28.8 Å². The molecule has 1 atom stereocenters. The van der Waals surface area contributed by atoms with Crippen LogP contribution in [0.2, 0.25) is 0 Å². The smallest absolute Gasteiger partial charge is 0.254 e. The van der Waals surface area contributed by atoms with Crippen molar-refractivity contribution in [3.05, 3.63) is 29.3 Å². The van der Waals surface area contributed by atoms with Gasteiger partial charge in [-0.1, -0.05) is 6.07 Å². The number of nitrogens with zero attached hydrogens (tertiary/aromatic N) is 1. The third kappa shape index (κ3) is 1.69. The Morgan fingerprint density at radius 1 is 1.41 bits per heavy atom. The summed E-state index contributed by atoms with van der Waals surface area (Å²) in [6.07, 6.45) is 2.23. The first-order chi connectivity index (χ1) is 8.27. The van der Waals surface area contributed by atoms with Gasteiger partial charge in [0.25, 0.3) is 5.91 Å². The average molecular weight is 231 g/mol. The fourth-order valence-corrected chi connectivity index (χ4v) is 2.77. The molecule has 0 spiro atoms. The van der Waals surface area contributed by atoms with E-state index in [0.717, 1.165) is 42.7 Å². The molecule has 1 amide bonds. The molecule has 0 aromatic heterocycles. The van der Waals surface area contributed by atoms with Crippen LogP contribution in [0.25, 0.3) is 0 Å². The molecule has 0 aliphatic carbocycles. The van der Waals surface area contributed by atoms with Crippen LogP contribution < -0.4 is 11.1 Å². The topological polar surface area (TPSA) is 58.4 Å². The maximum atomic E-state index is 12.3. The van der Waals surface area contributed by atoms with Crippen molar-refractivity contribution in [1.82, 2.24) is 10.2 Å². The highest BCUT2D eigenvalue weighted by Gasteiger charge is 2.33. The molecule has 2 aliphatic rings. The van der Waals surface area contributed by atoms with Gasteiger partial charge < -0.3 is 16.0 Å². The minimum Gasteiger partial charge on any atom is -0.398 e. The molecule has 0 bridgehead atoms. The van der Waals surface area contributed by atoms with Gasteiger partial charge in [-0.25, -0.2) is 0 Å². The maximum Gasteiger partial charge on any atom is 0.254 e. The van der Waals surface area contributed by atoms with Gasteiger partial charge >= 0.3 is 0 Å². The Hall–Kier alpha value is -1.55. The lowest BCUT2D eigenvalue weighted by atomic mass is 10.1. The number of rotatable bonds is 1. The third-order valence-electron chi connectivity index (χ3n) is 3.74. The first kappa shape index (κ1) is 10.6. The van der Waals surface area contributed by atoms with Crippen LogP contribution in [0, 0.1) is 0 Å². The number of benzene rings is 1. The Balaban J connectivity index is 1.88. The van der Waals surface area contributed by atoms with Gasteiger partial charge in [0.2, 0.25) is 0 Å². The molecule has 2 heterocycles. The van der Waals surface area contributed by atoms with E-state index in [-0.39, 0.29) is 5.91 Å². The second-order valence-corrected chi connectivity index (χ2v) is 4.81. The molecular weight excluding hydrogens is 214 g/mol. The van der Waals surface area contributed by atoms with E-state index < -0.39 is 0 Å². The summed E-state index contributed by atoms with van der Waals surface area (Å²) in [5, 5.41) is 3.35. The van der Waals surface area contributed by atoms with Gasteiger partial charge in [0.15, 0.2) is 0 Å². The molecule has 90 valence electrons. The average Bonchev–Trinajstić information content (AvgIpc) is 2.70. The molecule has 4 nitrogen and oxygen atoms in total. The van der Waals surface area contributed by atoms with Crippen LogP contribution in [-0.4, -0.2) is 29.9 Å². The van der Waals surface area contributed by atoms with Crippen molar-refractivity contribution >= 4 is 11.6 Å². The molecule has 1 saturated heterocycles. The van der Waals surface area contributed by atoms with Gasteiger partial charge in [0.1, 0.15) is 0 Å². The molecule has 4 heteroatoms. The molecule has 1 aromatic carbocycles. The predicted molar refractivity (Wildman–Crippen MR) is 66.6 cm³/mol. The molecule has 3 rings (SSSR count). The zero-order valence-electron chi connectivity index (χ0n) is 9.78. The standard InChI is InChI=1S/C13H17N3O/c14-12-5-1-4-10-11(12)8-16(13(10)17)9-3-2-6-15-7-9/h1,4-5,9,15H,2-3,6-8,14H2. The van der Waals surface area contributed by atoms with Crippen LogP contribution in [0.4, 0.5) is 5.69 Å². The Morgan fingerprint density at radius 3 is 3.00 bits per heavy atom. The van der Waals surface area contributed by atoms with Crippen molar-refractivity contribution in [3.63, 3.8) is 0 Å². The van der Waals surface area contributed by atoms with Gasteiger partial charge in [-0.05, 0) is 31.5 Å². The number of anilines is 1. The second kappa shape index (κ2) is 4.04. The van der Waals surface area contributed by atoms with E-state index >= 15 is 0 Å². The Labute approximate surface area is 101 Å². The van der Waals surface area contributed by atoms with Crippen molar-refractivity contribution in [2.24, 2.45) is 0 Å². The van der Waals surface area contributed by atoms with E-state index in [0.29, 0.717) is 12.6 Å². The number of hydrogen-bond donors (Lipinski definition) is 2. The number of fused-ring (bicyclic) bond motifs is 1. The summed E-state index contributed by atoms with van der Waals surface area (Å²) in [7, 11) is 0. The molecule has 2 aliphatic heterocycles. The van der Waals surface area contributed by atoms with Gasteiger partial charge in [-0.2, -0.15) is 0 Å². The second-order valence-electron chi connectivity index (χ2n) is 4.81. The number of nitrogens with one attached hydrogen (secondary N) is 1. The molecule has 0 saturated carbocycles. The molecular formula is C13H17N3O. The normalized spacial score (nSPS) is 23.9. The van der Waals surface area contributed by atoms with Crippen LogP contribution in [-0.2, 0) is 6.54 Å². The minimum atomic E-state index is 0.140. The Kier molecular flexibility index (Phi) is 2.52. The lowest BCUT2D eigenvalue weighted by Crippen LogP contribution is -2.46. The highest BCUT2D eigenvalue weighted by molar-refractivity contribution is 6.00. The third-order valence-corrected chi connectivity index (χ3v) is 3.74. The van der Waals surface area contributed by atoms with Crippen LogP contribution in [0.5, 0.6) is 0 Å². The minimum absolute atomic E-state index is 0.140. The van der Waals surface area contributed by atoms with E-state index in [4.69, 9.17) is 5.73 Å². The zero-order chi connectivity index (χ0) is 11.8. The van der Waals surface area contributed by atoms with Gasteiger partial charge in [-0.3, -0.25) is 4.79 Å². The zero-order valence-corrected chi connectivity index (χ0v) is 9.78. The van der Waals surface area contributed by atoms with Crippen LogP contribution in [0.15, 0.2) is 18.2 Å². The van der Waals surface area contributed by atoms with E-state index in [2.05, 4.69) is 5.32 Å². The molecule has 1 fully saturated rings. The molecule has 3 N–H and O–H groups in total. The van der Waals surface area contributed by atoms with E-state index in [1.807, 2.05) is 23.1 Å². The van der Waals surface area contributed by atoms with E-state index in [1.54, 1.807) is 0 Å². The number of amides is 1. The van der Waals surface area contributed by atoms with Gasteiger partial charge in [-0.15, -0.1) is 0 Å². The number of hydrogen-bond acceptors (Lipinski definition) is 3. The molecule has 0 radical (unpaired) electrons. The number of piperidine rings is 1. The fraction of sp³-hybridized carbons (Fsp3) is 0.462. The fourth-order valence-electron chi connectivity index (χ4n) is 2.77. The Morgan fingerprint density at radius 2 is 2.29 bits per heavy atom. The summed E-state index contributed by atoms with van der Waals surface area (Å²) in [6, 6.07) is 5.93. The van der Waals surface area contributed by atoms with E-state index in [1.165, 1.54) is 0 Å². The predicted octanol–water partition coefficient (Wildman–Crippen LogP) is 0.977. The van der Waals surface area contributed by atoms with Gasteiger partial charge in [0, 0.05) is 35.9 Å². The highest BCUT2D eigenvalue weighted by atomic mass is 16.2. The summed E-state index contributed by atoms with van der Waals surface area (Å²) in [5.74, 6) is 0.140. The number of carbonyl (C=O) groups excluding carboxylic acids is 1. The maximum absolute atomic E-state index is 12.3. The largest absolute Gasteiger partial charge is 0.398 e. The van der Waals surface area contributed by atoms with Crippen LogP contribution >= 0.6 is 0 Å². The first-order valence-electron chi connectivity index (χ1n) is 6.16. The summed E-state index contributed by atoms with van der Waals surface area (Å²) in [5.41, 5.74) is 8.46. The summed E-state index contributed by atoms with van der Waals surface area (Å²) < 4.78 is 0. The molecule has 1 aromatic rings. The SMILES string of the molecule is Nc1cccc2c1CN(C1CCCNC1)C2=O. The number of carbonyl (C=O) groups is 1.